The summed E-state index contributed by atoms with van der Waals surface area (Å²) in [6.07, 6.45) is 2.14. The van der Waals surface area contributed by atoms with Crippen molar-refractivity contribution in [2.45, 2.75) is 18.9 Å². The van der Waals surface area contributed by atoms with Gasteiger partial charge in [0.15, 0.2) is 5.69 Å². The number of hydrogen-bond acceptors (Lipinski definition) is 5. The summed E-state index contributed by atoms with van der Waals surface area (Å²) < 4.78 is 0.344. The number of hydrogen-bond donors (Lipinski definition) is 3. The lowest BCUT2D eigenvalue weighted by Gasteiger charge is -2.08. The van der Waals surface area contributed by atoms with Gasteiger partial charge in [0.25, 0.3) is 0 Å². The second kappa shape index (κ2) is 3.65. The van der Waals surface area contributed by atoms with Gasteiger partial charge in [-0.1, -0.05) is 0 Å². The first kappa shape index (κ1) is 10.2. The summed E-state index contributed by atoms with van der Waals surface area (Å²) in [6, 6.07) is 0.372. The molecular weight excluding hydrogens is 264 g/mol. The Bertz CT molecular complexity index is 419. The molecule has 7 heteroatoms. The lowest BCUT2D eigenvalue weighted by molar-refractivity contribution is 0.0689. The Morgan fingerprint density at radius 1 is 1.53 bits per heavy atom. The molecule has 1 aromatic heterocycles. The van der Waals surface area contributed by atoms with Crippen LogP contribution in [0.25, 0.3) is 0 Å². The maximum atomic E-state index is 10.8. The van der Waals surface area contributed by atoms with Crippen molar-refractivity contribution in [3.8, 4) is 0 Å². The Kier molecular flexibility index (Phi) is 2.47. The van der Waals surface area contributed by atoms with Crippen LogP contribution in [0.15, 0.2) is 4.47 Å². The predicted octanol–water partition coefficient (Wildman–Crippen LogP) is 1.09. The number of nitrogen functional groups attached to an aromatic ring is 1. The van der Waals surface area contributed by atoms with Crippen LogP contribution in [0.5, 0.6) is 0 Å². The van der Waals surface area contributed by atoms with Crippen molar-refractivity contribution < 1.29 is 9.90 Å². The van der Waals surface area contributed by atoms with Crippen molar-refractivity contribution in [2.75, 3.05) is 11.1 Å². The van der Waals surface area contributed by atoms with E-state index in [9.17, 15) is 4.79 Å². The molecule has 0 aromatic carbocycles. The van der Waals surface area contributed by atoms with Crippen LogP contribution < -0.4 is 11.1 Å². The second-order valence-electron chi connectivity index (χ2n) is 3.32. The van der Waals surface area contributed by atoms with Crippen molar-refractivity contribution in [3.63, 3.8) is 0 Å². The molecule has 6 nitrogen and oxygen atoms in total. The van der Waals surface area contributed by atoms with Crippen molar-refractivity contribution in [1.29, 1.82) is 0 Å². The topological polar surface area (TPSA) is 101 Å². The van der Waals surface area contributed by atoms with E-state index in [0.29, 0.717) is 16.3 Å². The molecular formula is C8H9BrN4O2. The van der Waals surface area contributed by atoms with Crippen molar-refractivity contribution in [2.24, 2.45) is 0 Å². The number of halogens is 1. The molecule has 0 amide bonds. The number of aromatic nitrogens is 2. The highest BCUT2D eigenvalue weighted by Gasteiger charge is 2.24. The van der Waals surface area contributed by atoms with Crippen molar-refractivity contribution in [3.05, 3.63) is 10.2 Å². The van der Waals surface area contributed by atoms with Gasteiger partial charge in [0, 0.05) is 6.04 Å². The minimum atomic E-state index is -1.13. The minimum Gasteiger partial charge on any atom is -0.476 e. The number of nitrogens with one attached hydrogen (secondary N) is 1. The van der Waals surface area contributed by atoms with Gasteiger partial charge in [-0.25, -0.2) is 9.78 Å². The van der Waals surface area contributed by atoms with E-state index in [-0.39, 0.29) is 11.6 Å². The van der Waals surface area contributed by atoms with E-state index in [1.165, 1.54) is 0 Å². The molecule has 80 valence electrons. The van der Waals surface area contributed by atoms with E-state index in [1.807, 2.05) is 0 Å². The van der Waals surface area contributed by atoms with Crippen LogP contribution in [0.2, 0.25) is 0 Å². The maximum absolute atomic E-state index is 10.8. The summed E-state index contributed by atoms with van der Waals surface area (Å²) in [7, 11) is 0. The Hall–Kier alpha value is -1.37. The van der Waals surface area contributed by atoms with Crippen molar-refractivity contribution >= 4 is 33.7 Å². The number of aromatic carboxylic acids is 1. The molecule has 1 fully saturated rings. The molecule has 0 atom stereocenters. The summed E-state index contributed by atoms with van der Waals surface area (Å²) in [6.45, 7) is 0. The summed E-state index contributed by atoms with van der Waals surface area (Å²) >= 11 is 3.15. The second-order valence-corrected chi connectivity index (χ2v) is 4.11. The molecule has 1 aromatic rings. The molecule has 0 saturated heterocycles. The quantitative estimate of drug-likeness (QED) is 0.762. The van der Waals surface area contributed by atoms with Crippen LogP contribution in [-0.2, 0) is 0 Å². The summed E-state index contributed by atoms with van der Waals surface area (Å²) in [5, 5.41) is 11.9. The van der Waals surface area contributed by atoms with Crippen LogP contribution in [0.3, 0.4) is 0 Å². The Balaban J connectivity index is 2.39. The predicted molar refractivity (Wildman–Crippen MR) is 57.7 cm³/mol. The zero-order valence-corrected chi connectivity index (χ0v) is 9.28. The standard InChI is InChI=1S/C8H9BrN4O2/c9-4-5(7(14)15)12-8(10)13-6(4)11-3-1-2-3/h3H,1-2H2,(H,14,15)(H3,10,11,12,13). The number of nitrogens with two attached hydrogens (primary N) is 1. The zero-order valence-electron chi connectivity index (χ0n) is 7.70. The Morgan fingerprint density at radius 2 is 2.20 bits per heavy atom. The molecule has 0 radical (unpaired) electrons. The Morgan fingerprint density at radius 3 is 2.73 bits per heavy atom. The number of rotatable bonds is 3. The van der Waals surface area contributed by atoms with Gasteiger partial charge in [-0.15, -0.1) is 0 Å². The minimum absolute atomic E-state index is 0.0428. The molecule has 4 N–H and O–H groups in total. The fourth-order valence-corrected chi connectivity index (χ4v) is 1.58. The number of carboxylic acid groups (broad SMARTS) is 1. The molecule has 1 saturated carbocycles. The van der Waals surface area contributed by atoms with E-state index in [4.69, 9.17) is 10.8 Å². The number of anilines is 2. The smallest absolute Gasteiger partial charge is 0.355 e. The molecule has 1 aliphatic rings. The molecule has 1 heterocycles. The molecule has 2 rings (SSSR count). The average molecular weight is 273 g/mol. The number of nitrogens with zero attached hydrogens (tertiary/aromatic N) is 2. The fourth-order valence-electron chi connectivity index (χ4n) is 1.12. The monoisotopic (exact) mass is 272 g/mol. The van der Waals surface area contributed by atoms with Gasteiger partial charge < -0.3 is 16.2 Å². The van der Waals surface area contributed by atoms with Gasteiger partial charge in [-0.3, -0.25) is 0 Å². The largest absolute Gasteiger partial charge is 0.476 e. The first-order chi connectivity index (χ1) is 7.08. The van der Waals surface area contributed by atoms with E-state index >= 15 is 0 Å². The highest BCUT2D eigenvalue weighted by atomic mass is 79.9. The lowest BCUT2D eigenvalue weighted by Crippen LogP contribution is -2.12. The molecule has 15 heavy (non-hydrogen) atoms. The third-order valence-electron chi connectivity index (χ3n) is 1.99. The average Bonchev–Trinajstić information content (AvgIpc) is 2.94. The third-order valence-corrected chi connectivity index (χ3v) is 2.74. The van der Waals surface area contributed by atoms with Gasteiger partial charge in [-0.05, 0) is 28.8 Å². The zero-order chi connectivity index (χ0) is 11.0. The van der Waals surface area contributed by atoms with E-state index in [0.717, 1.165) is 12.8 Å². The normalized spacial score (nSPS) is 15.0. The van der Waals surface area contributed by atoms with Crippen LogP contribution >= 0.6 is 15.9 Å². The number of carboxylic acids is 1. The molecule has 0 unspecified atom stereocenters. The highest BCUT2D eigenvalue weighted by molar-refractivity contribution is 9.10. The van der Waals surface area contributed by atoms with Crippen LogP contribution in [0, 0.1) is 0 Å². The van der Waals surface area contributed by atoms with Gasteiger partial charge in [0.2, 0.25) is 5.95 Å². The van der Waals surface area contributed by atoms with Crippen molar-refractivity contribution in [1.82, 2.24) is 9.97 Å². The van der Waals surface area contributed by atoms with E-state index < -0.39 is 5.97 Å². The highest BCUT2D eigenvalue weighted by Crippen LogP contribution is 2.30. The lowest BCUT2D eigenvalue weighted by atomic mass is 10.4. The molecule has 0 spiro atoms. The maximum Gasteiger partial charge on any atom is 0.355 e. The fraction of sp³-hybridized carbons (Fsp3) is 0.375. The van der Waals surface area contributed by atoms with Gasteiger partial charge in [0.05, 0.1) is 4.47 Å². The van der Waals surface area contributed by atoms with Gasteiger partial charge >= 0.3 is 5.97 Å². The van der Waals surface area contributed by atoms with Crippen LogP contribution in [0.4, 0.5) is 11.8 Å². The SMILES string of the molecule is Nc1nc(NC2CC2)c(Br)c(C(=O)O)n1. The summed E-state index contributed by atoms with van der Waals surface area (Å²) in [5.41, 5.74) is 5.30. The summed E-state index contributed by atoms with van der Waals surface area (Å²) in [4.78, 5) is 18.4. The van der Waals surface area contributed by atoms with E-state index in [1.54, 1.807) is 0 Å². The van der Waals surface area contributed by atoms with Crippen LogP contribution in [-0.4, -0.2) is 27.1 Å². The van der Waals surface area contributed by atoms with E-state index in [2.05, 4.69) is 31.2 Å². The van der Waals surface area contributed by atoms with Gasteiger partial charge in [-0.2, -0.15) is 4.98 Å². The first-order valence-electron chi connectivity index (χ1n) is 4.40. The molecule has 1 aliphatic carbocycles. The third kappa shape index (κ3) is 2.17. The molecule has 0 aliphatic heterocycles. The number of carbonyl (C=O) groups is 1. The first-order valence-corrected chi connectivity index (χ1v) is 5.20. The Labute approximate surface area is 94.0 Å². The van der Waals surface area contributed by atoms with Gasteiger partial charge in [0.1, 0.15) is 5.82 Å². The van der Waals surface area contributed by atoms with Crippen LogP contribution in [0.1, 0.15) is 23.3 Å². The molecule has 0 bridgehead atoms. The summed E-state index contributed by atoms with van der Waals surface area (Å²) in [5.74, 6) is -0.726.